The minimum atomic E-state index is 0.127. The zero-order valence-electron chi connectivity index (χ0n) is 10.9. The Kier molecular flexibility index (Phi) is 5.08. The van der Waals surface area contributed by atoms with E-state index in [-0.39, 0.29) is 11.6 Å². The van der Waals surface area contributed by atoms with E-state index in [1.54, 1.807) is 6.07 Å². The van der Waals surface area contributed by atoms with Gasteiger partial charge in [0.1, 0.15) is 0 Å². The number of carbonyl (C=O) groups is 2. The third kappa shape index (κ3) is 3.81. The van der Waals surface area contributed by atoms with E-state index in [1.165, 1.54) is 0 Å². The molecule has 0 fully saturated rings. The summed E-state index contributed by atoms with van der Waals surface area (Å²) in [6, 6.07) is 5.46. The van der Waals surface area contributed by atoms with Gasteiger partial charge in [0.25, 0.3) is 0 Å². The fourth-order valence-electron chi connectivity index (χ4n) is 1.85. The molecule has 2 heteroatoms. The molecule has 0 saturated carbocycles. The van der Waals surface area contributed by atoms with Crippen LogP contribution in [0.2, 0.25) is 0 Å². The number of rotatable bonds is 6. The van der Waals surface area contributed by atoms with Crippen LogP contribution in [-0.2, 0) is 0 Å². The van der Waals surface area contributed by atoms with Gasteiger partial charge in [0.05, 0.1) is 0 Å². The molecule has 0 N–H and O–H groups in total. The molecule has 0 saturated heterocycles. The van der Waals surface area contributed by atoms with Crippen molar-refractivity contribution in [1.82, 2.24) is 0 Å². The van der Waals surface area contributed by atoms with Crippen LogP contribution in [-0.4, -0.2) is 11.6 Å². The summed E-state index contributed by atoms with van der Waals surface area (Å²) in [4.78, 5) is 23.6. The molecule has 0 heterocycles. The average molecular weight is 232 g/mol. The molecule has 0 aliphatic carbocycles. The number of hydrogen-bond donors (Lipinski definition) is 0. The third-order valence-electron chi connectivity index (χ3n) is 2.68. The molecule has 0 aliphatic heterocycles. The van der Waals surface area contributed by atoms with Crippen molar-refractivity contribution in [3.8, 4) is 0 Å². The van der Waals surface area contributed by atoms with Crippen molar-refractivity contribution in [2.45, 2.75) is 46.5 Å². The first-order chi connectivity index (χ1) is 8.08. The highest BCUT2D eigenvalue weighted by Crippen LogP contribution is 2.14. The van der Waals surface area contributed by atoms with Crippen molar-refractivity contribution in [2.24, 2.45) is 0 Å². The molecule has 92 valence electrons. The van der Waals surface area contributed by atoms with Crippen LogP contribution < -0.4 is 0 Å². The first-order valence-corrected chi connectivity index (χ1v) is 6.26. The predicted octanol–water partition coefficient (Wildman–Crippen LogP) is 3.96. The van der Waals surface area contributed by atoms with E-state index in [0.29, 0.717) is 24.0 Å². The summed E-state index contributed by atoms with van der Waals surface area (Å²) in [7, 11) is 0. The summed E-state index contributed by atoms with van der Waals surface area (Å²) < 4.78 is 0. The molecule has 0 amide bonds. The van der Waals surface area contributed by atoms with Gasteiger partial charge < -0.3 is 0 Å². The van der Waals surface area contributed by atoms with E-state index in [4.69, 9.17) is 0 Å². The minimum absolute atomic E-state index is 0.127. The van der Waals surface area contributed by atoms with Crippen molar-refractivity contribution in [3.05, 3.63) is 34.9 Å². The normalized spacial score (nSPS) is 10.3. The Balaban J connectivity index is 3.01. The fourth-order valence-corrected chi connectivity index (χ4v) is 1.85. The van der Waals surface area contributed by atoms with Crippen molar-refractivity contribution in [2.75, 3.05) is 0 Å². The first-order valence-electron chi connectivity index (χ1n) is 6.26. The Hall–Kier alpha value is -1.44. The summed E-state index contributed by atoms with van der Waals surface area (Å²) in [5.74, 6) is 0.253. The Labute approximate surface area is 103 Å². The Bertz CT molecular complexity index is 383. The first kappa shape index (κ1) is 13.6. The summed E-state index contributed by atoms with van der Waals surface area (Å²) in [6.45, 7) is 5.89. The molecule has 0 aromatic heterocycles. The molecule has 0 unspecified atom stereocenters. The molecule has 0 spiro atoms. The smallest absolute Gasteiger partial charge is 0.162 e. The zero-order chi connectivity index (χ0) is 12.8. The van der Waals surface area contributed by atoms with E-state index < -0.39 is 0 Å². The van der Waals surface area contributed by atoms with Crippen LogP contribution in [0.25, 0.3) is 0 Å². The Morgan fingerprint density at radius 1 is 0.882 bits per heavy atom. The van der Waals surface area contributed by atoms with Gasteiger partial charge in [-0.25, -0.2) is 0 Å². The van der Waals surface area contributed by atoms with E-state index in [1.807, 2.05) is 32.9 Å². The SMILES string of the molecule is CCCC(=O)c1cc(C)cc(C(=O)CCC)c1. The fraction of sp³-hybridized carbons (Fsp3) is 0.467. The molecule has 0 aliphatic rings. The van der Waals surface area contributed by atoms with Crippen LogP contribution in [0.3, 0.4) is 0 Å². The third-order valence-corrected chi connectivity index (χ3v) is 2.68. The summed E-state index contributed by atoms with van der Waals surface area (Å²) in [6.07, 6.45) is 2.77. The maximum atomic E-state index is 11.8. The Morgan fingerprint density at radius 2 is 1.29 bits per heavy atom. The maximum absolute atomic E-state index is 11.8. The van der Waals surface area contributed by atoms with Crippen molar-refractivity contribution in [3.63, 3.8) is 0 Å². The standard InChI is InChI=1S/C15H20O2/c1-4-6-14(16)12-8-11(3)9-13(10-12)15(17)7-5-2/h8-10H,4-7H2,1-3H3. The molecule has 1 aromatic carbocycles. The number of benzene rings is 1. The van der Waals surface area contributed by atoms with Crippen LogP contribution in [0, 0.1) is 6.92 Å². The maximum Gasteiger partial charge on any atom is 0.162 e. The zero-order valence-corrected chi connectivity index (χ0v) is 10.9. The highest BCUT2D eigenvalue weighted by atomic mass is 16.1. The van der Waals surface area contributed by atoms with Crippen LogP contribution >= 0.6 is 0 Å². The average Bonchev–Trinajstić information content (AvgIpc) is 2.29. The van der Waals surface area contributed by atoms with Crippen LogP contribution in [0.15, 0.2) is 18.2 Å². The number of carbonyl (C=O) groups excluding carboxylic acids is 2. The molecule has 2 nitrogen and oxygen atoms in total. The van der Waals surface area contributed by atoms with E-state index in [0.717, 1.165) is 18.4 Å². The lowest BCUT2D eigenvalue weighted by atomic mass is 9.98. The molecule has 1 aromatic rings. The van der Waals surface area contributed by atoms with Crippen molar-refractivity contribution < 1.29 is 9.59 Å². The van der Waals surface area contributed by atoms with Gasteiger partial charge >= 0.3 is 0 Å². The van der Waals surface area contributed by atoms with Gasteiger partial charge in [0, 0.05) is 24.0 Å². The lowest BCUT2D eigenvalue weighted by Gasteiger charge is -2.05. The number of Topliss-reactive ketones (excluding diaryl/α,β-unsaturated/α-hetero) is 2. The summed E-state index contributed by atoms with van der Waals surface area (Å²) in [5.41, 5.74) is 2.32. The summed E-state index contributed by atoms with van der Waals surface area (Å²) in [5, 5.41) is 0. The van der Waals surface area contributed by atoms with Crippen molar-refractivity contribution >= 4 is 11.6 Å². The lowest BCUT2D eigenvalue weighted by Crippen LogP contribution is -2.04. The van der Waals surface area contributed by atoms with E-state index in [9.17, 15) is 9.59 Å². The summed E-state index contributed by atoms with van der Waals surface area (Å²) >= 11 is 0. The lowest BCUT2D eigenvalue weighted by molar-refractivity contribution is 0.0981. The molecule has 17 heavy (non-hydrogen) atoms. The minimum Gasteiger partial charge on any atom is -0.294 e. The molecule has 1 rings (SSSR count). The molecular weight excluding hydrogens is 212 g/mol. The van der Waals surface area contributed by atoms with E-state index in [2.05, 4.69) is 0 Å². The van der Waals surface area contributed by atoms with Crippen LogP contribution in [0.5, 0.6) is 0 Å². The number of aryl methyl sites for hydroxylation is 1. The van der Waals surface area contributed by atoms with Gasteiger partial charge in [0.2, 0.25) is 0 Å². The van der Waals surface area contributed by atoms with Gasteiger partial charge in [-0.2, -0.15) is 0 Å². The highest BCUT2D eigenvalue weighted by Gasteiger charge is 2.10. The second-order valence-electron chi connectivity index (χ2n) is 4.43. The topological polar surface area (TPSA) is 34.1 Å². The number of ketones is 2. The van der Waals surface area contributed by atoms with Crippen molar-refractivity contribution in [1.29, 1.82) is 0 Å². The van der Waals surface area contributed by atoms with Gasteiger partial charge in [-0.3, -0.25) is 9.59 Å². The monoisotopic (exact) mass is 232 g/mol. The largest absolute Gasteiger partial charge is 0.294 e. The number of hydrogen-bond acceptors (Lipinski definition) is 2. The van der Waals surface area contributed by atoms with Gasteiger partial charge in [-0.15, -0.1) is 0 Å². The van der Waals surface area contributed by atoms with Gasteiger partial charge in [-0.1, -0.05) is 13.8 Å². The molecule has 0 radical (unpaired) electrons. The Morgan fingerprint density at radius 3 is 1.65 bits per heavy atom. The quantitative estimate of drug-likeness (QED) is 0.696. The van der Waals surface area contributed by atoms with Crippen LogP contribution in [0.4, 0.5) is 0 Å². The second kappa shape index (κ2) is 6.33. The van der Waals surface area contributed by atoms with Crippen LogP contribution in [0.1, 0.15) is 65.8 Å². The molecular formula is C15H20O2. The van der Waals surface area contributed by atoms with Gasteiger partial charge in [0.15, 0.2) is 11.6 Å². The highest BCUT2D eigenvalue weighted by molar-refractivity contribution is 6.01. The predicted molar refractivity (Wildman–Crippen MR) is 69.7 cm³/mol. The molecule has 0 atom stereocenters. The molecule has 0 bridgehead atoms. The second-order valence-corrected chi connectivity index (χ2v) is 4.43. The van der Waals surface area contributed by atoms with Gasteiger partial charge in [-0.05, 0) is 43.5 Å². The van der Waals surface area contributed by atoms with E-state index >= 15 is 0 Å².